The van der Waals surface area contributed by atoms with Gasteiger partial charge in [-0.25, -0.2) is 9.97 Å². The molecule has 0 aliphatic carbocycles. The van der Waals surface area contributed by atoms with E-state index in [1.165, 1.54) is 19.3 Å². The van der Waals surface area contributed by atoms with E-state index in [-0.39, 0.29) is 5.41 Å². The van der Waals surface area contributed by atoms with Gasteiger partial charge in [0.1, 0.15) is 16.8 Å². The van der Waals surface area contributed by atoms with E-state index in [0.29, 0.717) is 10.6 Å². The topological polar surface area (TPSA) is 29.0 Å². The Hall–Kier alpha value is -0.830. The van der Waals surface area contributed by atoms with Crippen molar-refractivity contribution >= 4 is 17.4 Å². The van der Waals surface area contributed by atoms with Crippen molar-refractivity contribution < 1.29 is 0 Å². The number of hydrogen-bond donors (Lipinski definition) is 0. The Morgan fingerprint density at radius 2 is 1.76 bits per heavy atom. The summed E-state index contributed by atoms with van der Waals surface area (Å²) in [5, 5.41) is 0.591. The lowest BCUT2D eigenvalue weighted by atomic mass is 9.85. The maximum atomic E-state index is 6.36. The zero-order valence-corrected chi connectivity index (χ0v) is 15.0. The fourth-order valence-electron chi connectivity index (χ4n) is 2.76. The van der Waals surface area contributed by atoms with Crippen LogP contribution < -0.4 is 4.90 Å². The third-order valence-electron chi connectivity index (χ3n) is 4.37. The minimum absolute atomic E-state index is 0.0861. The molecule has 0 bridgehead atoms. The highest BCUT2D eigenvalue weighted by Crippen LogP contribution is 2.34. The van der Waals surface area contributed by atoms with Crippen LogP contribution in [0.1, 0.15) is 65.3 Å². The Kier molecular flexibility index (Phi) is 4.53. The number of halogens is 1. The van der Waals surface area contributed by atoms with Crippen LogP contribution in [-0.2, 0) is 5.41 Å². The Morgan fingerprint density at radius 3 is 2.38 bits per heavy atom. The molecule has 2 heterocycles. The van der Waals surface area contributed by atoms with Gasteiger partial charge in [0.05, 0.1) is 0 Å². The highest BCUT2D eigenvalue weighted by molar-refractivity contribution is 6.30. The molecule has 1 aliphatic rings. The van der Waals surface area contributed by atoms with Gasteiger partial charge in [0, 0.05) is 24.1 Å². The lowest BCUT2D eigenvalue weighted by Crippen LogP contribution is -2.28. The maximum Gasteiger partial charge on any atom is 0.137 e. The molecule has 1 aliphatic heterocycles. The van der Waals surface area contributed by atoms with Gasteiger partial charge in [-0.2, -0.15) is 0 Å². The van der Waals surface area contributed by atoms with Gasteiger partial charge in [-0.15, -0.1) is 0 Å². The summed E-state index contributed by atoms with van der Waals surface area (Å²) in [6.45, 7) is 15.2. The molecule has 0 amide bonds. The summed E-state index contributed by atoms with van der Waals surface area (Å²) in [5.74, 6) is 1.86. The van der Waals surface area contributed by atoms with Gasteiger partial charge in [0.15, 0.2) is 0 Å². The number of aromatic nitrogens is 2. The second-order valence-electron chi connectivity index (χ2n) is 8.04. The second kappa shape index (κ2) is 5.75. The third kappa shape index (κ3) is 3.88. The predicted molar refractivity (Wildman–Crippen MR) is 90.3 cm³/mol. The molecule has 1 fully saturated rings. The number of rotatable bonds is 1. The van der Waals surface area contributed by atoms with Crippen LogP contribution in [0.25, 0.3) is 0 Å². The van der Waals surface area contributed by atoms with E-state index >= 15 is 0 Å². The maximum absolute atomic E-state index is 6.36. The highest BCUT2D eigenvalue weighted by atomic mass is 35.5. The molecule has 1 saturated heterocycles. The van der Waals surface area contributed by atoms with Crippen molar-refractivity contribution in [1.29, 1.82) is 0 Å². The molecular weight excluding hydrogens is 282 g/mol. The van der Waals surface area contributed by atoms with Crippen molar-refractivity contribution in [2.24, 2.45) is 5.41 Å². The fourth-order valence-corrected chi connectivity index (χ4v) is 2.92. The summed E-state index contributed by atoms with van der Waals surface area (Å²) < 4.78 is 0. The van der Waals surface area contributed by atoms with E-state index in [4.69, 9.17) is 16.6 Å². The first-order valence-corrected chi connectivity index (χ1v) is 8.27. The van der Waals surface area contributed by atoms with E-state index in [2.05, 4.69) is 44.5 Å². The molecule has 0 spiro atoms. The summed E-state index contributed by atoms with van der Waals surface area (Å²) in [6.07, 6.45) is 3.67. The Bertz CT molecular complexity index is 518. The molecule has 0 atom stereocenters. The molecule has 0 aromatic carbocycles. The van der Waals surface area contributed by atoms with Crippen LogP contribution in [0.3, 0.4) is 0 Å². The lowest BCUT2D eigenvalue weighted by Gasteiger charge is -2.27. The minimum Gasteiger partial charge on any atom is -0.356 e. The molecule has 0 saturated carbocycles. The first-order valence-electron chi connectivity index (χ1n) is 7.90. The fraction of sp³-hybridized carbons (Fsp3) is 0.765. The summed E-state index contributed by atoms with van der Waals surface area (Å²) in [4.78, 5) is 11.7. The Balaban J connectivity index is 2.36. The van der Waals surface area contributed by atoms with E-state index < -0.39 is 0 Å². The SMILES string of the molecule is Cc1c(Cl)nc(C(C)(C)C)nc1N1CCCC(C)(C)CC1. The Labute approximate surface area is 134 Å². The lowest BCUT2D eigenvalue weighted by molar-refractivity contribution is 0.325. The molecule has 1 aromatic rings. The van der Waals surface area contributed by atoms with Crippen LogP contribution in [0.4, 0.5) is 5.82 Å². The van der Waals surface area contributed by atoms with E-state index in [9.17, 15) is 0 Å². The molecule has 0 radical (unpaired) electrons. The zero-order chi connectivity index (χ0) is 15.8. The van der Waals surface area contributed by atoms with Gasteiger partial charge in [-0.05, 0) is 31.6 Å². The molecule has 4 heteroatoms. The van der Waals surface area contributed by atoms with Gasteiger partial charge < -0.3 is 4.90 Å². The Morgan fingerprint density at radius 1 is 1.10 bits per heavy atom. The van der Waals surface area contributed by atoms with Crippen LogP contribution in [-0.4, -0.2) is 23.1 Å². The number of hydrogen-bond acceptors (Lipinski definition) is 3. The quantitative estimate of drug-likeness (QED) is 0.701. The molecule has 21 heavy (non-hydrogen) atoms. The van der Waals surface area contributed by atoms with Crippen LogP contribution >= 0.6 is 11.6 Å². The molecule has 0 N–H and O–H groups in total. The van der Waals surface area contributed by atoms with E-state index in [0.717, 1.165) is 30.3 Å². The monoisotopic (exact) mass is 309 g/mol. The smallest absolute Gasteiger partial charge is 0.137 e. The van der Waals surface area contributed by atoms with Crippen molar-refractivity contribution in [2.45, 2.75) is 66.2 Å². The number of anilines is 1. The van der Waals surface area contributed by atoms with Gasteiger partial charge in [-0.1, -0.05) is 46.2 Å². The molecule has 1 aromatic heterocycles. The first kappa shape index (κ1) is 16.5. The van der Waals surface area contributed by atoms with Crippen molar-refractivity contribution in [3.8, 4) is 0 Å². The zero-order valence-electron chi connectivity index (χ0n) is 14.3. The standard InChI is InChI=1S/C17H28ClN3/c1-12-13(18)19-15(16(2,3)4)20-14(12)21-10-7-8-17(5,6)9-11-21/h7-11H2,1-6H3. The molecule has 118 valence electrons. The second-order valence-corrected chi connectivity index (χ2v) is 8.40. The third-order valence-corrected chi connectivity index (χ3v) is 4.74. The van der Waals surface area contributed by atoms with Crippen LogP contribution in [0.5, 0.6) is 0 Å². The van der Waals surface area contributed by atoms with Crippen LogP contribution in [0.15, 0.2) is 0 Å². The van der Waals surface area contributed by atoms with E-state index in [1.807, 2.05) is 6.92 Å². The molecule has 3 nitrogen and oxygen atoms in total. The minimum atomic E-state index is -0.0861. The average Bonchev–Trinajstić information content (AvgIpc) is 2.52. The van der Waals surface area contributed by atoms with Gasteiger partial charge in [0.2, 0.25) is 0 Å². The normalized spacial score (nSPS) is 19.5. The molecule has 2 rings (SSSR count). The van der Waals surface area contributed by atoms with E-state index in [1.54, 1.807) is 0 Å². The molecule has 0 unspecified atom stereocenters. The summed E-state index contributed by atoms with van der Waals surface area (Å²) in [5.41, 5.74) is 1.34. The van der Waals surface area contributed by atoms with Gasteiger partial charge >= 0.3 is 0 Å². The first-order chi connectivity index (χ1) is 9.60. The largest absolute Gasteiger partial charge is 0.356 e. The summed E-state index contributed by atoms with van der Waals surface area (Å²) in [7, 11) is 0. The summed E-state index contributed by atoms with van der Waals surface area (Å²) >= 11 is 6.36. The van der Waals surface area contributed by atoms with Crippen LogP contribution in [0, 0.1) is 12.3 Å². The van der Waals surface area contributed by atoms with Crippen LogP contribution in [0.2, 0.25) is 5.15 Å². The molecular formula is C17H28ClN3. The van der Waals surface area contributed by atoms with Gasteiger partial charge in [0.25, 0.3) is 0 Å². The van der Waals surface area contributed by atoms with Crippen molar-refractivity contribution in [2.75, 3.05) is 18.0 Å². The van der Waals surface area contributed by atoms with Crippen molar-refractivity contribution in [3.05, 3.63) is 16.5 Å². The number of nitrogens with zero attached hydrogens (tertiary/aromatic N) is 3. The predicted octanol–water partition coefficient (Wildman–Crippen LogP) is 4.75. The highest BCUT2D eigenvalue weighted by Gasteiger charge is 2.27. The average molecular weight is 310 g/mol. The summed E-state index contributed by atoms with van der Waals surface area (Å²) in [6, 6.07) is 0. The van der Waals surface area contributed by atoms with Crippen molar-refractivity contribution in [1.82, 2.24) is 9.97 Å². The van der Waals surface area contributed by atoms with Crippen molar-refractivity contribution in [3.63, 3.8) is 0 Å². The van der Waals surface area contributed by atoms with Gasteiger partial charge in [-0.3, -0.25) is 0 Å².